The summed E-state index contributed by atoms with van der Waals surface area (Å²) in [7, 11) is 0. The summed E-state index contributed by atoms with van der Waals surface area (Å²) in [6, 6.07) is 9.92. The van der Waals surface area contributed by atoms with Crippen LogP contribution < -0.4 is 10.2 Å². The Morgan fingerprint density at radius 2 is 1.96 bits per heavy atom. The van der Waals surface area contributed by atoms with Crippen LogP contribution in [0.5, 0.6) is 0 Å². The van der Waals surface area contributed by atoms with Crippen molar-refractivity contribution < 1.29 is 4.79 Å². The first-order valence-corrected chi connectivity index (χ1v) is 8.90. The number of nitrogens with one attached hydrogen (secondary N) is 1. The second-order valence-electron chi connectivity index (χ2n) is 6.78. The number of carbonyl (C=O) groups is 1. The third-order valence-corrected chi connectivity index (χ3v) is 4.90. The quantitative estimate of drug-likeness (QED) is 0.783. The Balaban J connectivity index is 1.43. The zero-order valence-corrected chi connectivity index (χ0v) is 15.0. The van der Waals surface area contributed by atoms with Gasteiger partial charge in [-0.05, 0) is 38.3 Å². The summed E-state index contributed by atoms with van der Waals surface area (Å²) in [5, 5.41) is 7.46. The van der Waals surface area contributed by atoms with Crippen LogP contribution in [-0.4, -0.2) is 44.6 Å². The lowest BCUT2D eigenvalue weighted by atomic mass is 10.0. The number of rotatable bonds is 3. The van der Waals surface area contributed by atoms with Crippen molar-refractivity contribution in [3.63, 3.8) is 0 Å². The minimum Gasteiger partial charge on any atom is -0.356 e. The van der Waals surface area contributed by atoms with Gasteiger partial charge in [0, 0.05) is 36.5 Å². The van der Waals surface area contributed by atoms with Crippen molar-refractivity contribution in [1.82, 2.24) is 24.9 Å². The number of hydrogen-bond acceptors (Lipinski definition) is 5. The summed E-state index contributed by atoms with van der Waals surface area (Å²) >= 11 is 0. The van der Waals surface area contributed by atoms with Crippen LogP contribution in [0.25, 0.3) is 5.78 Å². The number of anilines is 1. The molecule has 2 aromatic heterocycles. The van der Waals surface area contributed by atoms with Crippen LogP contribution in [0.4, 0.5) is 5.82 Å². The van der Waals surface area contributed by atoms with Gasteiger partial charge in [-0.3, -0.25) is 4.79 Å². The fraction of sp³-hybridized carbons (Fsp3) is 0.368. The van der Waals surface area contributed by atoms with Gasteiger partial charge in [0.25, 0.3) is 11.7 Å². The summed E-state index contributed by atoms with van der Waals surface area (Å²) < 4.78 is 1.78. The molecule has 1 aromatic carbocycles. The van der Waals surface area contributed by atoms with Crippen molar-refractivity contribution in [3.05, 3.63) is 53.5 Å². The van der Waals surface area contributed by atoms with Crippen LogP contribution in [0.3, 0.4) is 0 Å². The molecule has 3 aromatic rings. The third kappa shape index (κ3) is 3.12. The maximum atomic E-state index is 12.5. The molecule has 0 unspecified atom stereocenters. The Kier molecular flexibility index (Phi) is 4.28. The van der Waals surface area contributed by atoms with Crippen LogP contribution in [-0.2, 0) is 0 Å². The Morgan fingerprint density at radius 1 is 1.19 bits per heavy atom. The van der Waals surface area contributed by atoms with E-state index in [0.717, 1.165) is 48.6 Å². The Hall–Kier alpha value is -2.96. The van der Waals surface area contributed by atoms with E-state index < -0.39 is 0 Å². The lowest BCUT2D eigenvalue weighted by molar-refractivity contribution is 0.0930. The van der Waals surface area contributed by atoms with E-state index in [0.29, 0.717) is 5.78 Å². The molecule has 1 N–H and O–H groups in total. The van der Waals surface area contributed by atoms with E-state index in [4.69, 9.17) is 0 Å². The number of aromatic nitrogens is 4. The van der Waals surface area contributed by atoms with Gasteiger partial charge in [-0.1, -0.05) is 18.2 Å². The highest BCUT2D eigenvalue weighted by Crippen LogP contribution is 2.21. The molecule has 1 saturated heterocycles. The minimum absolute atomic E-state index is 0.0139. The second kappa shape index (κ2) is 6.74. The first kappa shape index (κ1) is 16.5. The highest BCUT2D eigenvalue weighted by atomic mass is 16.1. The monoisotopic (exact) mass is 350 g/mol. The Labute approximate surface area is 152 Å². The number of amides is 1. The molecule has 3 heterocycles. The fourth-order valence-corrected chi connectivity index (χ4v) is 3.48. The predicted molar refractivity (Wildman–Crippen MR) is 99.4 cm³/mol. The van der Waals surface area contributed by atoms with E-state index >= 15 is 0 Å². The standard InChI is InChI=1S/C19H22N6O/c1-13-5-3-4-6-16(13)18(26)23-15-7-9-24(10-8-15)17-11-14(2)22-19-20-12-21-25(17)19/h3-6,11-12,15H,7-10H2,1-2H3,(H,23,26). The van der Waals surface area contributed by atoms with Gasteiger partial charge < -0.3 is 10.2 Å². The molecule has 7 heteroatoms. The first-order valence-electron chi connectivity index (χ1n) is 8.90. The fourth-order valence-electron chi connectivity index (χ4n) is 3.48. The topological polar surface area (TPSA) is 75.4 Å². The van der Waals surface area contributed by atoms with E-state index in [1.807, 2.05) is 44.2 Å². The zero-order chi connectivity index (χ0) is 18.1. The van der Waals surface area contributed by atoms with Crippen molar-refractivity contribution in [2.45, 2.75) is 32.7 Å². The molecule has 0 aliphatic carbocycles. The van der Waals surface area contributed by atoms with Gasteiger partial charge in [0.2, 0.25) is 0 Å². The number of hydrogen-bond donors (Lipinski definition) is 1. The van der Waals surface area contributed by atoms with Gasteiger partial charge in [-0.15, -0.1) is 0 Å². The molecule has 1 aliphatic rings. The van der Waals surface area contributed by atoms with E-state index in [-0.39, 0.29) is 11.9 Å². The average molecular weight is 350 g/mol. The van der Waals surface area contributed by atoms with E-state index in [9.17, 15) is 4.79 Å². The molecule has 0 spiro atoms. The van der Waals surface area contributed by atoms with E-state index in [2.05, 4.69) is 25.3 Å². The van der Waals surface area contributed by atoms with Crippen molar-refractivity contribution in [1.29, 1.82) is 0 Å². The SMILES string of the molecule is Cc1cc(N2CCC(NC(=O)c3ccccc3C)CC2)n2ncnc2n1. The van der Waals surface area contributed by atoms with Gasteiger partial charge >= 0.3 is 0 Å². The largest absolute Gasteiger partial charge is 0.356 e. The molecule has 1 amide bonds. The normalized spacial score (nSPS) is 15.4. The number of nitrogens with zero attached hydrogens (tertiary/aromatic N) is 5. The van der Waals surface area contributed by atoms with Gasteiger partial charge in [-0.2, -0.15) is 14.6 Å². The summed E-state index contributed by atoms with van der Waals surface area (Å²) in [5.41, 5.74) is 2.68. The predicted octanol–water partition coefficient (Wildman–Crippen LogP) is 2.14. The molecule has 26 heavy (non-hydrogen) atoms. The molecular weight excluding hydrogens is 328 g/mol. The lowest BCUT2D eigenvalue weighted by Gasteiger charge is -2.33. The Morgan fingerprint density at radius 3 is 2.73 bits per heavy atom. The molecule has 0 saturated carbocycles. The lowest BCUT2D eigenvalue weighted by Crippen LogP contribution is -2.45. The summed E-state index contributed by atoms with van der Waals surface area (Å²) in [5.74, 6) is 1.64. The molecule has 7 nitrogen and oxygen atoms in total. The highest BCUT2D eigenvalue weighted by molar-refractivity contribution is 5.95. The number of fused-ring (bicyclic) bond motifs is 1. The summed E-state index contributed by atoms with van der Waals surface area (Å²) in [4.78, 5) is 23.4. The zero-order valence-electron chi connectivity index (χ0n) is 15.0. The van der Waals surface area contributed by atoms with Gasteiger partial charge in [0.05, 0.1) is 0 Å². The van der Waals surface area contributed by atoms with Crippen molar-refractivity contribution in [2.24, 2.45) is 0 Å². The van der Waals surface area contributed by atoms with Crippen molar-refractivity contribution >= 4 is 17.5 Å². The van der Waals surface area contributed by atoms with Gasteiger partial charge in [-0.25, -0.2) is 4.98 Å². The Bertz CT molecular complexity index is 942. The smallest absolute Gasteiger partial charge is 0.254 e. The van der Waals surface area contributed by atoms with Crippen LogP contribution in [0, 0.1) is 13.8 Å². The minimum atomic E-state index is 0.0139. The van der Waals surface area contributed by atoms with Crippen LogP contribution in [0.15, 0.2) is 36.7 Å². The van der Waals surface area contributed by atoms with Crippen LogP contribution >= 0.6 is 0 Å². The molecule has 1 aliphatic heterocycles. The molecule has 0 atom stereocenters. The molecule has 0 radical (unpaired) electrons. The number of piperidine rings is 1. The van der Waals surface area contributed by atoms with Crippen LogP contribution in [0.1, 0.15) is 34.5 Å². The average Bonchev–Trinajstić information content (AvgIpc) is 3.10. The molecule has 1 fully saturated rings. The second-order valence-corrected chi connectivity index (χ2v) is 6.78. The number of carbonyl (C=O) groups excluding carboxylic acids is 1. The molecular formula is C19H22N6O. The maximum Gasteiger partial charge on any atom is 0.254 e. The highest BCUT2D eigenvalue weighted by Gasteiger charge is 2.23. The van der Waals surface area contributed by atoms with Crippen molar-refractivity contribution in [3.8, 4) is 0 Å². The summed E-state index contributed by atoms with van der Waals surface area (Å²) in [6.45, 7) is 5.65. The van der Waals surface area contributed by atoms with E-state index in [1.54, 1.807) is 4.52 Å². The third-order valence-electron chi connectivity index (χ3n) is 4.90. The first-order chi connectivity index (χ1) is 12.6. The maximum absolute atomic E-state index is 12.5. The number of aryl methyl sites for hydroxylation is 2. The van der Waals surface area contributed by atoms with Gasteiger partial charge in [0.15, 0.2) is 0 Å². The number of benzene rings is 1. The summed E-state index contributed by atoms with van der Waals surface area (Å²) in [6.07, 6.45) is 3.32. The molecule has 0 bridgehead atoms. The van der Waals surface area contributed by atoms with Gasteiger partial charge in [0.1, 0.15) is 12.1 Å². The molecule has 134 valence electrons. The van der Waals surface area contributed by atoms with E-state index in [1.165, 1.54) is 6.33 Å². The van der Waals surface area contributed by atoms with Crippen LogP contribution in [0.2, 0.25) is 0 Å². The van der Waals surface area contributed by atoms with Crippen molar-refractivity contribution in [2.75, 3.05) is 18.0 Å². The molecule has 4 rings (SSSR count).